The first-order chi connectivity index (χ1) is 11.5. The maximum Gasteiger partial charge on any atom is 0.257 e. The first-order valence-electron chi connectivity index (χ1n) is 8.20. The number of ether oxygens (including phenoxy) is 1. The fraction of sp³-hybridized carbons (Fsp3) is 0.350. The minimum Gasteiger partial charge on any atom is -0.483 e. The summed E-state index contributed by atoms with van der Waals surface area (Å²) < 4.78 is 5.68. The Balaban J connectivity index is 1.79. The molecule has 0 saturated carbocycles. The molecular formula is C20H24ClNO2. The molecule has 128 valence electrons. The topological polar surface area (TPSA) is 38.3 Å². The molecule has 2 aromatic carbocycles. The summed E-state index contributed by atoms with van der Waals surface area (Å²) in [6.07, 6.45) is 0.769. The molecule has 4 heteroatoms. The highest BCUT2D eigenvalue weighted by Crippen LogP contribution is 2.24. The van der Waals surface area contributed by atoms with Gasteiger partial charge in [-0.1, -0.05) is 49.7 Å². The maximum atomic E-state index is 11.9. The van der Waals surface area contributed by atoms with Crippen molar-refractivity contribution >= 4 is 17.5 Å². The van der Waals surface area contributed by atoms with Crippen LogP contribution >= 0.6 is 11.6 Å². The fourth-order valence-electron chi connectivity index (χ4n) is 2.32. The third-order valence-electron chi connectivity index (χ3n) is 3.89. The largest absolute Gasteiger partial charge is 0.483 e. The van der Waals surface area contributed by atoms with Crippen molar-refractivity contribution in [1.82, 2.24) is 5.32 Å². The molecule has 2 aromatic rings. The quantitative estimate of drug-likeness (QED) is 0.801. The molecule has 2 rings (SSSR count). The summed E-state index contributed by atoms with van der Waals surface area (Å²) in [5.74, 6) is 1.09. The van der Waals surface area contributed by atoms with Crippen molar-refractivity contribution in [2.45, 2.75) is 33.1 Å². The number of hydrogen-bond acceptors (Lipinski definition) is 2. The zero-order valence-electron chi connectivity index (χ0n) is 14.4. The smallest absolute Gasteiger partial charge is 0.257 e. The van der Waals surface area contributed by atoms with Crippen LogP contribution in [0.4, 0.5) is 0 Å². The lowest BCUT2D eigenvalue weighted by Crippen LogP contribution is -2.30. The van der Waals surface area contributed by atoms with Gasteiger partial charge in [-0.05, 0) is 54.2 Å². The highest BCUT2D eigenvalue weighted by atomic mass is 35.5. The first kappa shape index (κ1) is 18.3. The van der Waals surface area contributed by atoms with Crippen LogP contribution in [-0.2, 0) is 11.2 Å². The van der Waals surface area contributed by atoms with E-state index in [9.17, 15) is 4.79 Å². The van der Waals surface area contributed by atoms with Gasteiger partial charge in [-0.3, -0.25) is 4.79 Å². The van der Waals surface area contributed by atoms with Crippen molar-refractivity contribution in [3.63, 3.8) is 0 Å². The van der Waals surface area contributed by atoms with Crippen LogP contribution in [0, 0.1) is 6.92 Å². The van der Waals surface area contributed by atoms with E-state index in [1.807, 2.05) is 43.3 Å². The molecule has 0 bridgehead atoms. The average Bonchev–Trinajstić information content (AvgIpc) is 2.55. The molecule has 1 amide bonds. The van der Waals surface area contributed by atoms with Gasteiger partial charge < -0.3 is 10.1 Å². The number of rotatable bonds is 7. The van der Waals surface area contributed by atoms with E-state index in [1.54, 1.807) is 0 Å². The number of nitrogens with one attached hydrogen (secondary N) is 1. The number of amides is 1. The lowest BCUT2D eigenvalue weighted by Gasteiger charge is -2.13. The lowest BCUT2D eigenvalue weighted by atomic mass is 10.0. The van der Waals surface area contributed by atoms with E-state index in [1.165, 1.54) is 5.56 Å². The van der Waals surface area contributed by atoms with Gasteiger partial charge in [0.15, 0.2) is 6.61 Å². The standard InChI is InChI=1S/C20H24ClNO2/c1-14(2)17-7-4-15(3)19(12-17)24-13-20(23)22-11-10-16-5-8-18(21)9-6-16/h4-9,12,14H,10-11,13H2,1-3H3,(H,22,23). The van der Waals surface area contributed by atoms with Crippen molar-refractivity contribution < 1.29 is 9.53 Å². The van der Waals surface area contributed by atoms with Crippen LogP contribution in [0.3, 0.4) is 0 Å². The monoisotopic (exact) mass is 345 g/mol. The highest BCUT2D eigenvalue weighted by molar-refractivity contribution is 6.30. The summed E-state index contributed by atoms with van der Waals surface area (Å²) in [7, 11) is 0. The van der Waals surface area contributed by atoms with Crippen molar-refractivity contribution in [2.24, 2.45) is 0 Å². The molecule has 3 nitrogen and oxygen atoms in total. The third kappa shape index (κ3) is 5.57. The van der Waals surface area contributed by atoms with Crippen molar-refractivity contribution in [3.05, 3.63) is 64.2 Å². The number of carbonyl (C=O) groups is 1. The Morgan fingerprint density at radius 1 is 1.17 bits per heavy atom. The Bertz CT molecular complexity index is 681. The van der Waals surface area contributed by atoms with E-state index in [0.29, 0.717) is 12.5 Å². The number of aryl methyl sites for hydroxylation is 1. The Morgan fingerprint density at radius 2 is 1.88 bits per heavy atom. The van der Waals surface area contributed by atoms with Crippen LogP contribution in [-0.4, -0.2) is 19.1 Å². The predicted molar refractivity (Wildman–Crippen MR) is 98.9 cm³/mol. The number of benzene rings is 2. The van der Waals surface area contributed by atoms with Crippen molar-refractivity contribution in [2.75, 3.05) is 13.2 Å². The second kappa shape index (κ2) is 8.74. The van der Waals surface area contributed by atoms with Crippen LogP contribution in [0.15, 0.2) is 42.5 Å². The molecule has 0 aliphatic rings. The van der Waals surface area contributed by atoms with Crippen LogP contribution in [0.1, 0.15) is 36.5 Å². The summed E-state index contributed by atoms with van der Waals surface area (Å²) in [4.78, 5) is 11.9. The molecule has 0 aliphatic heterocycles. The highest BCUT2D eigenvalue weighted by Gasteiger charge is 2.07. The Kier molecular flexibility index (Phi) is 6.68. The van der Waals surface area contributed by atoms with Gasteiger partial charge in [-0.25, -0.2) is 0 Å². The SMILES string of the molecule is Cc1ccc(C(C)C)cc1OCC(=O)NCCc1ccc(Cl)cc1. The van der Waals surface area contributed by atoms with Crippen LogP contribution in [0.5, 0.6) is 5.75 Å². The molecule has 0 heterocycles. The molecule has 1 N–H and O–H groups in total. The molecule has 0 aliphatic carbocycles. The minimum absolute atomic E-state index is 0.0308. The van der Waals surface area contributed by atoms with Gasteiger partial charge in [0.25, 0.3) is 5.91 Å². The summed E-state index contributed by atoms with van der Waals surface area (Å²) in [6, 6.07) is 13.8. The Morgan fingerprint density at radius 3 is 2.54 bits per heavy atom. The first-order valence-corrected chi connectivity index (χ1v) is 8.58. The number of hydrogen-bond donors (Lipinski definition) is 1. The molecule has 0 fully saturated rings. The van der Waals surface area contributed by atoms with E-state index in [0.717, 1.165) is 28.3 Å². The molecule has 0 unspecified atom stereocenters. The van der Waals surface area contributed by atoms with Gasteiger partial charge in [-0.2, -0.15) is 0 Å². The summed E-state index contributed by atoms with van der Waals surface area (Å²) in [6.45, 7) is 6.87. The van der Waals surface area contributed by atoms with E-state index in [4.69, 9.17) is 16.3 Å². The molecule has 0 atom stereocenters. The fourth-order valence-corrected chi connectivity index (χ4v) is 2.45. The number of carbonyl (C=O) groups excluding carboxylic acids is 1. The third-order valence-corrected chi connectivity index (χ3v) is 4.14. The molecule has 0 radical (unpaired) electrons. The van der Waals surface area contributed by atoms with E-state index >= 15 is 0 Å². The van der Waals surface area contributed by atoms with Gasteiger partial charge in [0.05, 0.1) is 0 Å². The van der Waals surface area contributed by atoms with Gasteiger partial charge in [-0.15, -0.1) is 0 Å². The van der Waals surface area contributed by atoms with Crippen molar-refractivity contribution in [3.8, 4) is 5.75 Å². The summed E-state index contributed by atoms with van der Waals surface area (Å²) in [5.41, 5.74) is 3.38. The van der Waals surface area contributed by atoms with Gasteiger partial charge in [0.1, 0.15) is 5.75 Å². The zero-order chi connectivity index (χ0) is 17.5. The van der Waals surface area contributed by atoms with Gasteiger partial charge in [0, 0.05) is 11.6 Å². The van der Waals surface area contributed by atoms with Crippen LogP contribution in [0.2, 0.25) is 5.02 Å². The Hall–Kier alpha value is -2.00. The number of halogens is 1. The van der Waals surface area contributed by atoms with E-state index in [2.05, 4.69) is 25.2 Å². The van der Waals surface area contributed by atoms with Gasteiger partial charge >= 0.3 is 0 Å². The van der Waals surface area contributed by atoms with Crippen LogP contribution < -0.4 is 10.1 Å². The summed E-state index contributed by atoms with van der Waals surface area (Å²) in [5, 5.41) is 3.59. The molecular weight excluding hydrogens is 322 g/mol. The second-order valence-corrected chi connectivity index (χ2v) is 6.63. The molecule has 0 saturated heterocycles. The second-order valence-electron chi connectivity index (χ2n) is 6.19. The average molecular weight is 346 g/mol. The molecule has 0 aromatic heterocycles. The maximum absolute atomic E-state index is 11.9. The Labute approximate surface area is 149 Å². The van der Waals surface area contributed by atoms with Gasteiger partial charge in [0.2, 0.25) is 0 Å². The molecule has 24 heavy (non-hydrogen) atoms. The van der Waals surface area contributed by atoms with E-state index in [-0.39, 0.29) is 12.5 Å². The van der Waals surface area contributed by atoms with E-state index < -0.39 is 0 Å². The van der Waals surface area contributed by atoms with Crippen LogP contribution in [0.25, 0.3) is 0 Å². The predicted octanol–water partition coefficient (Wildman–Crippen LogP) is 4.51. The zero-order valence-corrected chi connectivity index (χ0v) is 15.2. The normalized spacial score (nSPS) is 10.7. The summed E-state index contributed by atoms with van der Waals surface area (Å²) >= 11 is 5.85. The molecule has 0 spiro atoms. The minimum atomic E-state index is -0.113. The lowest BCUT2D eigenvalue weighted by molar-refractivity contribution is -0.123. The van der Waals surface area contributed by atoms with Crippen molar-refractivity contribution in [1.29, 1.82) is 0 Å².